The standard InChI is InChI=1S/C6HF11O4S/c7-1(18)2(8,9)3(10,11)4(12,13)5(14,15)6(16,17)22(19,20)21/h(H,19,20,21). The predicted octanol–water partition coefficient (Wildman–Crippen LogP) is 2.50. The molecule has 0 fully saturated rings. The molecule has 0 aliphatic carbocycles. The van der Waals surface area contributed by atoms with E-state index in [4.69, 9.17) is 4.55 Å². The van der Waals surface area contributed by atoms with Crippen LogP contribution in [0.1, 0.15) is 0 Å². The third-order valence-corrected chi connectivity index (χ3v) is 3.02. The molecule has 0 aromatic rings. The summed E-state index contributed by atoms with van der Waals surface area (Å²) >= 11 is 0. The minimum absolute atomic E-state index is 4.58. The van der Waals surface area contributed by atoms with Crippen molar-refractivity contribution in [1.82, 2.24) is 0 Å². The molecule has 0 heterocycles. The van der Waals surface area contributed by atoms with Gasteiger partial charge in [0.2, 0.25) is 0 Å². The summed E-state index contributed by atoms with van der Waals surface area (Å²) in [5, 5.41) is -7.37. The summed E-state index contributed by atoms with van der Waals surface area (Å²) in [5.74, 6) is -30.8. The Bertz CT molecular complexity index is 565. The third kappa shape index (κ3) is 2.40. The zero-order valence-corrected chi connectivity index (χ0v) is 10.1. The molecule has 0 aromatic carbocycles. The van der Waals surface area contributed by atoms with Crippen LogP contribution < -0.4 is 0 Å². The molecule has 0 saturated carbocycles. The van der Waals surface area contributed by atoms with Crippen LogP contribution in [0.5, 0.6) is 0 Å². The van der Waals surface area contributed by atoms with Crippen LogP contribution in [0.3, 0.4) is 0 Å². The fourth-order valence-corrected chi connectivity index (χ4v) is 1.31. The molecular weight excluding hydrogens is 377 g/mol. The Kier molecular flexibility index (Phi) is 4.64. The molecule has 0 saturated heterocycles. The molecule has 1 N–H and O–H groups in total. The van der Waals surface area contributed by atoms with Crippen LogP contribution in [0.25, 0.3) is 0 Å². The summed E-state index contributed by atoms with van der Waals surface area (Å²) in [4.78, 5) is 9.50. The lowest BCUT2D eigenvalue weighted by Gasteiger charge is -2.36. The summed E-state index contributed by atoms with van der Waals surface area (Å²) in [5.41, 5.74) is 0. The molecule has 0 spiro atoms. The molecule has 22 heavy (non-hydrogen) atoms. The molecule has 0 bridgehead atoms. The molecule has 0 aliphatic heterocycles. The molecule has 16 heteroatoms. The van der Waals surface area contributed by atoms with E-state index < -0.39 is 45.1 Å². The van der Waals surface area contributed by atoms with Gasteiger partial charge >= 0.3 is 45.1 Å². The first-order chi connectivity index (χ1) is 9.19. The van der Waals surface area contributed by atoms with Gasteiger partial charge in [-0.15, -0.1) is 0 Å². The summed E-state index contributed by atoms with van der Waals surface area (Å²) in [6.07, 6.45) is 0. The molecule has 132 valence electrons. The van der Waals surface area contributed by atoms with Gasteiger partial charge in [0.05, 0.1) is 0 Å². The number of hydrogen-bond acceptors (Lipinski definition) is 3. The highest BCUT2D eigenvalue weighted by Crippen LogP contribution is 2.58. The first kappa shape index (κ1) is 20.8. The van der Waals surface area contributed by atoms with Crippen molar-refractivity contribution < 1.29 is 66.1 Å². The van der Waals surface area contributed by atoms with Gasteiger partial charge in [0, 0.05) is 0 Å². The normalized spacial score (nSPS) is 15.8. The Morgan fingerprint density at radius 3 is 1.27 bits per heavy atom. The minimum Gasteiger partial charge on any atom is -0.281 e. The van der Waals surface area contributed by atoms with Gasteiger partial charge in [-0.25, -0.2) is 0 Å². The van der Waals surface area contributed by atoms with Gasteiger partial charge < -0.3 is 0 Å². The van der Waals surface area contributed by atoms with E-state index in [0.717, 1.165) is 0 Å². The molecule has 0 unspecified atom stereocenters. The predicted molar refractivity (Wildman–Crippen MR) is 42.4 cm³/mol. The maximum atomic E-state index is 12.7. The van der Waals surface area contributed by atoms with Crippen molar-refractivity contribution in [3.05, 3.63) is 0 Å². The SMILES string of the molecule is O=C(F)C(F)(F)C(F)(F)C(F)(F)C(F)(F)C(F)(F)S(=O)(=O)O. The molecular formula is C6HF11O4S. The van der Waals surface area contributed by atoms with E-state index in [1.54, 1.807) is 0 Å². The quantitative estimate of drug-likeness (QED) is 0.438. The number of carbonyl (C=O) groups is 1. The van der Waals surface area contributed by atoms with Gasteiger partial charge in [-0.05, 0) is 0 Å². The van der Waals surface area contributed by atoms with Gasteiger partial charge in [-0.2, -0.15) is 56.7 Å². The average Bonchev–Trinajstić information content (AvgIpc) is 2.25. The number of rotatable bonds is 6. The van der Waals surface area contributed by atoms with Gasteiger partial charge in [0.15, 0.2) is 0 Å². The van der Waals surface area contributed by atoms with Gasteiger partial charge in [0.25, 0.3) is 0 Å². The second kappa shape index (κ2) is 4.90. The highest BCUT2D eigenvalue weighted by Gasteiger charge is 2.90. The molecule has 0 aliphatic rings. The Morgan fingerprint density at radius 1 is 0.727 bits per heavy atom. The Labute approximate surface area is 112 Å². The number of alkyl halides is 10. The van der Waals surface area contributed by atoms with Crippen molar-refractivity contribution in [2.24, 2.45) is 0 Å². The first-order valence-electron chi connectivity index (χ1n) is 4.25. The van der Waals surface area contributed by atoms with E-state index in [9.17, 15) is 61.5 Å². The van der Waals surface area contributed by atoms with Crippen molar-refractivity contribution in [2.45, 2.75) is 28.9 Å². The molecule has 0 radical (unpaired) electrons. The fourth-order valence-electron chi connectivity index (χ4n) is 0.863. The van der Waals surface area contributed by atoms with Crippen molar-refractivity contribution in [3.8, 4) is 0 Å². The molecule has 0 rings (SSSR count). The number of hydrogen-bond donors (Lipinski definition) is 1. The second-order valence-corrected chi connectivity index (χ2v) is 5.03. The van der Waals surface area contributed by atoms with Crippen molar-refractivity contribution >= 4 is 16.2 Å². The topological polar surface area (TPSA) is 71.4 Å². The lowest BCUT2D eigenvalue weighted by molar-refractivity contribution is -0.383. The molecule has 0 amide bonds. The van der Waals surface area contributed by atoms with Crippen molar-refractivity contribution in [2.75, 3.05) is 0 Å². The van der Waals surface area contributed by atoms with Crippen molar-refractivity contribution in [1.29, 1.82) is 0 Å². The van der Waals surface area contributed by atoms with E-state index in [1.165, 1.54) is 0 Å². The van der Waals surface area contributed by atoms with E-state index in [1.807, 2.05) is 0 Å². The minimum atomic E-state index is -7.97. The van der Waals surface area contributed by atoms with Crippen LogP contribution in [-0.2, 0) is 14.9 Å². The Hall–Kier alpha value is -1.19. The number of carbonyl (C=O) groups excluding carboxylic acids is 1. The van der Waals surface area contributed by atoms with Gasteiger partial charge in [-0.3, -0.25) is 9.35 Å². The zero-order chi connectivity index (χ0) is 18.6. The third-order valence-electron chi connectivity index (χ3n) is 2.12. The monoisotopic (exact) mass is 378 g/mol. The van der Waals surface area contributed by atoms with E-state index >= 15 is 0 Å². The van der Waals surface area contributed by atoms with Gasteiger partial charge in [0.1, 0.15) is 0 Å². The maximum Gasteiger partial charge on any atom is 0.438 e. The highest BCUT2D eigenvalue weighted by molar-refractivity contribution is 7.87. The summed E-state index contributed by atoms with van der Waals surface area (Å²) in [7, 11) is -7.49. The van der Waals surface area contributed by atoms with Crippen LogP contribution in [0.2, 0.25) is 0 Å². The van der Waals surface area contributed by atoms with Crippen LogP contribution in [-0.4, -0.2) is 48.0 Å². The lowest BCUT2D eigenvalue weighted by Crippen LogP contribution is -2.69. The van der Waals surface area contributed by atoms with Crippen LogP contribution in [0.4, 0.5) is 48.3 Å². The summed E-state index contributed by atoms with van der Waals surface area (Å²) < 4.78 is 165. The highest BCUT2D eigenvalue weighted by atomic mass is 32.2. The molecule has 0 atom stereocenters. The second-order valence-electron chi connectivity index (χ2n) is 3.56. The number of halogens is 11. The van der Waals surface area contributed by atoms with Gasteiger partial charge in [-0.1, -0.05) is 0 Å². The Balaban J connectivity index is 6.41. The van der Waals surface area contributed by atoms with Crippen molar-refractivity contribution in [3.63, 3.8) is 0 Å². The summed E-state index contributed by atoms with van der Waals surface area (Å²) in [6.45, 7) is 0. The van der Waals surface area contributed by atoms with Crippen LogP contribution in [0.15, 0.2) is 0 Å². The fraction of sp³-hybridized carbons (Fsp3) is 0.833. The average molecular weight is 378 g/mol. The molecule has 0 aromatic heterocycles. The maximum absolute atomic E-state index is 12.7. The van der Waals surface area contributed by atoms with E-state index in [-0.39, 0.29) is 0 Å². The largest absolute Gasteiger partial charge is 0.438 e. The zero-order valence-electron chi connectivity index (χ0n) is 9.24. The molecule has 4 nitrogen and oxygen atoms in total. The first-order valence-corrected chi connectivity index (χ1v) is 5.69. The van der Waals surface area contributed by atoms with E-state index in [0.29, 0.717) is 0 Å². The van der Waals surface area contributed by atoms with E-state index in [2.05, 4.69) is 0 Å². The lowest BCUT2D eigenvalue weighted by atomic mass is 9.99. The summed E-state index contributed by atoms with van der Waals surface area (Å²) in [6, 6.07) is -4.58. The Morgan fingerprint density at radius 2 is 1.05 bits per heavy atom. The van der Waals surface area contributed by atoms with Crippen LogP contribution >= 0.6 is 0 Å². The van der Waals surface area contributed by atoms with Crippen LogP contribution in [0, 0.1) is 0 Å². The smallest absolute Gasteiger partial charge is 0.281 e.